The van der Waals surface area contributed by atoms with Crippen LogP contribution >= 0.6 is 0 Å². The first-order chi connectivity index (χ1) is 7.36. The summed E-state index contributed by atoms with van der Waals surface area (Å²) in [4.78, 5) is 9.07. The zero-order valence-electron chi connectivity index (χ0n) is 8.89. The van der Waals surface area contributed by atoms with E-state index in [-0.39, 0.29) is 6.04 Å². The average molecular weight is 204 g/mol. The summed E-state index contributed by atoms with van der Waals surface area (Å²) in [5, 5.41) is 0. The van der Waals surface area contributed by atoms with Gasteiger partial charge in [-0.1, -0.05) is 18.2 Å². The number of rotatable bonds is 6. The Hall–Kier alpha value is -1.45. The summed E-state index contributed by atoms with van der Waals surface area (Å²) in [5.41, 5.74) is 3.80. The molecule has 0 aliphatic carbocycles. The first-order valence-corrected chi connectivity index (χ1v) is 4.85. The number of nitrogens with one attached hydrogen (secondary N) is 1. The van der Waals surface area contributed by atoms with Gasteiger partial charge in [-0.15, -0.1) is 6.58 Å². The van der Waals surface area contributed by atoms with Crippen LogP contribution in [0.5, 0.6) is 0 Å². The molecule has 1 aromatic heterocycles. The second kappa shape index (κ2) is 6.92. The monoisotopic (exact) mass is 204 g/mol. The van der Waals surface area contributed by atoms with Crippen molar-refractivity contribution in [2.45, 2.75) is 12.5 Å². The van der Waals surface area contributed by atoms with Crippen LogP contribution in [0.4, 0.5) is 0 Å². The Balaban J connectivity index is 2.56. The molecule has 1 aromatic rings. The van der Waals surface area contributed by atoms with Crippen molar-refractivity contribution in [3.05, 3.63) is 48.8 Å². The van der Waals surface area contributed by atoms with Crippen LogP contribution in [0.1, 0.15) is 12.1 Å². The highest BCUT2D eigenvalue weighted by molar-refractivity contribution is 5.44. The van der Waals surface area contributed by atoms with Crippen molar-refractivity contribution in [2.24, 2.45) is 0 Å². The third kappa shape index (κ3) is 4.54. The summed E-state index contributed by atoms with van der Waals surface area (Å²) < 4.78 is 0. The van der Waals surface area contributed by atoms with E-state index in [1.165, 1.54) is 0 Å². The number of pyridine rings is 1. The maximum absolute atomic E-state index is 4.88. The summed E-state index contributed by atoms with van der Waals surface area (Å²) in [5.74, 6) is 0. The molecule has 0 bridgehead atoms. The van der Waals surface area contributed by atoms with Crippen molar-refractivity contribution >= 4 is 6.08 Å². The van der Waals surface area contributed by atoms with Crippen molar-refractivity contribution < 1.29 is 4.84 Å². The van der Waals surface area contributed by atoms with Gasteiger partial charge in [0.05, 0.1) is 18.8 Å². The summed E-state index contributed by atoms with van der Waals surface area (Å²) in [6.45, 7) is 3.69. The van der Waals surface area contributed by atoms with Gasteiger partial charge in [0.2, 0.25) is 0 Å². The first kappa shape index (κ1) is 11.6. The van der Waals surface area contributed by atoms with E-state index in [1.807, 2.05) is 36.4 Å². The molecule has 3 heteroatoms. The molecule has 80 valence electrons. The molecule has 1 unspecified atom stereocenters. The molecule has 0 radical (unpaired) electrons. The lowest BCUT2D eigenvalue weighted by atomic mass is 10.2. The van der Waals surface area contributed by atoms with Crippen molar-refractivity contribution in [1.29, 1.82) is 0 Å². The van der Waals surface area contributed by atoms with Crippen molar-refractivity contribution in [2.75, 3.05) is 7.11 Å². The minimum atomic E-state index is 0.134. The van der Waals surface area contributed by atoms with E-state index in [0.717, 1.165) is 12.1 Å². The smallest absolute Gasteiger partial charge is 0.0627 e. The second-order valence-electron chi connectivity index (χ2n) is 3.07. The molecule has 0 amide bonds. The van der Waals surface area contributed by atoms with Gasteiger partial charge in [0.15, 0.2) is 0 Å². The number of hydrogen-bond donors (Lipinski definition) is 1. The number of hydroxylamine groups is 1. The lowest BCUT2D eigenvalue weighted by molar-refractivity contribution is 0.0746. The van der Waals surface area contributed by atoms with Crippen LogP contribution in [0, 0.1) is 0 Å². The molecule has 1 rings (SSSR count). The van der Waals surface area contributed by atoms with E-state index in [1.54, 1.807) is 13.3 Å². The molecule has 0 fully saturated rings. The van der Waals surface area contributed by atoms with Crippen LogP contribution in [-0.4, -0.2) is 18.1 Å². The summed E-state index contributed by atoms with van der Waals surface area (Å²) in [7, 11) is 1.60. The average Bonchev–Trinajstić information content (AvgIpc) is 2.28. The number of aromatic nitrogens is 1. The third-order valence-electron chi connectivity index (χ3n) is 1.88. The van der Waals surface area contributed by atoms with E-state index < -0.39 is 0 Å². The lowest BCUT2D eigenvalue weighted by Crippen LogP contribution is -2.25. The third-order valence-corrected chi connectivity index (χ3v) is 1.88. The standard InChI is InChI=1S/C12H16N2O/c1-3-6-12(14-15-2)9-8-11-7-4-5-10-13-11/h3-5,7-10,12,14H,1,6H2,2H3/b9-8+. The lowest BCUT2D eigenvalue weighted by Gasteiger charge is -2.09. The van der Waals surface area contributed by atoms with E-state index in [0.29, 0.717) is 0 Å². The van der Waals surface area contributed by atoms with E-state index in [4.69, 9.17) is 4.84 Å². The first-order valence-electron chi connectivity index (χ1n) is 4.85. The highest BCUT2D eigenvalue weighted by Gasteiger charge is 1.99. The molecular weight excluding hydrogens is 188 g/mol. The van der Waals surface area contributed by atoms with Crippen molar-refractivity contribution in [1.82, 2.24) is 10.5 Å². The van der Waals surface area contributed by atoms with Gasteiger partial charge in [0.1, 0.15) is 0 Å². The molecule has 0 spiro atoms. The Kier molecular flexibility index (Phi) is 5.37. The maximum atomic E-state index is 4.88. The van der Waals surface area contributed by atoms with Gasteiger partial charge in [0.25, 0.3) is 0 Å². The molecule has 1 N–H and O–H groups in total. The van der Waals surface area contributed by atoms with Gasteiger partial charge >= 0.3 is 0 Å². The van der Waals surface area contributed by atoms with Gasteiger partial charge in [0, 0.05) is 6.20 Å². The minimum Gasteiger partial charge on any atom is -0.305 e. The van der Waals surface area contributed by atoms with Gasteiger partial charge in [-0.25, -0.2) is 0 Å². The van der Waals surface area contributed by atoms with Gasteiger partial charge in [-0.05, 0) is 24.6 Å². The second-order valence-corrected chi connectivity index (χ2v) is 3.07. The number of hydrogen-bond acceptors (Lipinski definition) is 3. The van der Waals surface area contributed by atoms with Crippen LogP contribution in [0.15, 0.2) is 43.1 Å². The molecule has 0 aliphatic heterocycles. The normalized spacial score (nSPS) is 12.9. The fourth-order valence-corrected chi connectivity index (χ4v) is 1.19. The Morgan fingerprint density at radius 3 is 3.07 bits per heavy atom. The molecule has 3 nitrogen and oxygen atoms in total. The zero-order chi connectivity index (χ0) is 10.9. The topological polar surface area (TPSA) is 34.2 Å². The van der Waals surface area contributed by atoms with Crippen molar-refractivity contribution in [3.8, 4) is 0 Å². The van der Waals surface area contributed by atoms with E-state index in [9.17, 15) is 0 Å². The Morgan fingerprint density at radius 1 is 1.60 bits per heavy atom. The SMILES string of the molecule is C=CCC(/C=C/c1ccccn1)NOC. The fourth-order valence-electron chi connectivity index (χ4n) is 1.19. The molecule has 0 aliphatic rings. The fraction of sp³-hybridized carbons (Fsp3) is 0.250. The molecule has 15 heavy (non-hydrogen) atoms. The Morgan fingerprint density at radius 2 is 2.47 bits per heavy atom. The minimum absolute atomic E-state index is 0.134. The van der Waals surface area contributed by atoms with Crippen molar-refractivity contribution in [3.63, 3.8) is 0 Å². The highest BCUT2D eigenvalue weighted by Crippen LogP contribution is 2.01. The molecule has 0 aromatic carbocycles. The number of nitrogens with zero attached hydrogens (tertiary/aromatic N) is 1. The molecular formula is C12H16N2O. The Labute approximate surface area is 90.4 Å². The molecule has 0 saturated carbocycles. The van der Waals surface area contributed by atoms with Crippen LogP contribution in [-0.2, 0) is 4.84 Å². The van der Waals surface area contributed by atoms with E-state index in [2.05, 4.69) is 17.0 Å². The molecule has 1 heterocycles. The Bertz CT molecular complexity index is 309. The largest absolute Gasteiger partial charge is 0.305 e. The summed E-state index contributed by atoms with van der Waals surface area (Å²) >= 11 is 0. The predicted molar refractivity (Wildman–Crippen MR) is 62.0 cm³/mol. The summed E-state index contributed by atoms with van der Waals surface area (Å²) in [6.07, 6.45) is 8.40. The molecule has 0 saturated heterocycles. The highest BCUT2D eigenvalue weighted by atomic mass is 16.6. The van der Waals surface area contributed by atoms with Gasteiger partial charge < -0.3 is 4.84 Å². The summed E-state index contributed by atoms with van der Waals surface area (Å²) in [6, 6.07) is 5.94. The molecule has 1 atom stereocenters. The van der Waals surface area contributed by atoms with Gasteiger partial charge in [-0.3, -0.25) is 4.98 Å². The van der Waals surface area contributed by atoms with Crippen LogP contribution in [0.2, 0.25) is 0 Å². The maximum Gasteiger partial charge on any atom is 0.0627 e. The van der Waals surface area contributed by atoms with Gasteiger partial charge in [-0.2, -0.15) is 5.48 Å². The van der Waals surface area contributed by atoms with Crippen LogP contribution < -0.4 is 5.48 Å². The zero-order valence-corrected chi connectivity index (χ0v) is 8.89. The van der Waals surface area contributed by atoms with Crippen LogP contribution in [0.3, 0.4) is 0 Å². The quantitative estimate of drug-likeness (QED) is 0.569. The van der Waals surface area contributed by atoms with E-state index >= 15 is 0 Å². The van der Waals surface area contributed by atoms with Crippen LogP contribution in [0.25, 0.3) is 6.08 Å². The predicted octanol–water partition coefficient (Wildman–Crippen LogP) is 2.19.